The van der Waals surface area contributed by atoms with Crippen molar-refractivity contribution in [2.24, 2.45) is 0 Å². The van der Waals surface area contributed by atoms with Gasteiger partial charge in [0, 0.05) is 23.5 Å². The fraction of sp³-hybridized carbons (Fsp3) is 0.130. The molecule has 1 aliphatic rings. The summed E-state index contributed by atoms with van der Waals surface area (Å²) in [6.45, 7) is 2.02. The van der Waals surface area contributed by atoms with Gasteiger partial charge in [-0.3, -0.25) is 4.98 Å². The highest BCUT2D eigenvalue weighted by Crippen LogP contribution is 2.36. The maximum Gasteiger partial charge on any atom is 0.408 e. The molecule has 0 radical (unpaired) electrons. The van der Waals surface area contributed by atoms with Crippen LogP contribution in [0.4, 0.5) is 9.18 Å². The molecule has 0 bridgehead atoms. The molecule has 1 saturated heterocycles. The van der Waals surface area contributed by atoms with E-state index < -0.39 is 18.2 Å². The van der Waals surface area contributed by atoms with Gasteiger partial charge in [-0.15, -0.1) is 0 Å². The highest BCUT2D eigenvalue weighted by Gasteiger charge is 2.36. The number of aryl methyl sites for hydroxylation is 1. The van der Waals surface area contributed by atoms with E-state index in [4.69, 9.17) is 4.74 Å². The molecule has 1 aromatic heterocycles. The number of carbonyl (C=O) groups excluding carboxylic acids is 1. The van der Waals surface area contributed by atoms with Crippen molar-refractivity contribution in [1.29, 1.82) is 0 Å². The summed E-state index contributed by atoms with van der Waals surface area (Å²) in [7, 11) is 0. The fourth-order valence-electron chi connectivity index (χ4n) is 3.19. The summed E-state index contributed by atoms with van der Waals surface area (Å²) in [5, 5.41) is 2.77. The normalized spacial score (nSPS) is 18.0. The first-order valence-corrected chi connectivity index (χ1v) is 8.85. The molecular formula is C23H17FN2O2. The molecule has 1 aliphatic heterocycles. The zero-order chi connectivity index (χ0) is 19.5. The van der Waals surface area contributed by atoms with E-state index in [9.17, 15) is 9.18 Å². The number of pyridine rings is 1. The number of rotatable bonds is 2. The predicted octanol–water partition coefficient (Wildman–Crippen LogP) is 4.45. The monoisotopic (exact) mass is 372 g/mol. The Kier molecular flexibility index (Phi) is 4.77. The first-order valence-electron chi connectivity index (χ1n) is 8.85. The van der Waals surface area contributed by atoms with Crippen molar-refractivity contribution in [2.45, 2.75) is 19.1 Å². The first kappa shape index (κ1) is 17.7. The van der Waals surface area contributed by atoms with Gasteiger partial charge in [0.2, 0.25) is 0 Å². The third kappa shape index (κ3) is 3.86. The smallest absolute Gasteiger partial charge is 0.408 e. The summed E-state index contributed by atoms with van der Waals surface area (Å²) in [5.41, 5.74) is 4.11. The van der Waals surface area contributed by atoms with E-state index in [0.29, 0.717) is 5.56 Å². The third-order valence-electron chi connectivity index (χ3n) is 4.48. The van der Waals surface area contributed by atoms with E-state index in [2.05, 4.69) is 22.1 Å². The van der Waals surface area contributed by atoms with Crippen LogP contribution < -0.4 is 5.32 Å². The number of ether oxygens (including phenoxy) is 1. The van der Waals surface area contributed by atoms with Crippen LogP contribution in [-0.2, 0) is 4.74 Å². The van der Waals surface area contributed by atoms with Crippen LogP contribution >= 0.6 is 0 Å². The van der Waals surface area contributed by atoms with Gasteiger partial charge in [0.1, 0.15) is 11.9 Å². The number of nitrogens with zero attached hydrogens (tertiary/aromatic N) is 1. The van der Waals surface area contributed by atoms with E-state index in [1.165, 1.54) is 12.1 Å². The predicted molar refractivity (Wildman–Crippen MR) is 103 cm³/mol. The minimum Gasteiger partial charge on any atom is -0.439 e. The van der Waals surface area contributed by atoms with Crippen molar-refractivity contribution < 1.29 is 13.9 Å². The van der Waals surface area contributed by atoms with E-state index in [-0.39, 0.29) is 5.82 Å². The molecule has 1 N–H and O–H groups in total. The number of hydrogen-bond acceptors (Lipinski definition) is 3. The average molecular weight is 372 g/mol. The number of nitrogens with one attached hydrogen (secondary N) is 1. The van der Waals surface area contributed by atoms with Crippen LogP contribution in [0.2, 0.25) is 0 Å². The fourth-order valence-corrected chi connectivity index (χ4v) is 3.19. The Bertz CT molecular complexity index is 1100. The Balaban J connectivity index is 1.64. The van der Waals surface area contributed by atoms with Crippen LogP contribution in [0.3, 0.4) is 0 Å². The van der Waals surface area contributed by atoms with E-state index in [1.807, 2.05) is 37.3 Å². The van der Waals surface area contributed by atoms with Crippen molar-refractivity contribution in [3.05, 3.63) is 101 Å². The Morgan fingerprint density at radius 2 is 1.82 bits per heavy atom. The molecule has 2 heterocycles. The summed E-state index contributed by atoms with van der Waals surface area (Å²) < 4.78 is 19.0. The Morgan fingerprint density at radius 1 is 1.00 bits per heavy atom. The van der Waals surface area contributed by atoms with Gasteiger partial charge in [-0.2, -0.15) is 0 Å². The van der Waals surface area contributed by atoms with Crippen molar-refractivity contribution in [1.82, 2.24) is 10.3 Å². The van der Waals surface area contributed by atoms with Gasteiger partial charge in [-0.25, -0.2) is 9.18 Å². The molecule has 2 atom stereocenters. The number of carbonyl (C=O) groups is 1. The van der Waals surface area contributed by atoms with Gasteiger partial charge in [0.25, 0.3) is 0 Å². The summed E-state index contributed by atoms with van der Waals surface area (Å²) >= 11 is 0. The summed E-state index contributed by atoms with van der Waals surface area (Å²) in [6.07, 6.45) is 2.14. The zero-order valence-electron chi connectivity index (χ0n) is 15.1. The second-order valence-electron chi connectivity index (χ2n) is 6.63. The number of cyclic esters (lactones) is 1. The summed E-state index contributed by atoms with van der Waals surface area (Å²) in [4.78, 5) is 16.1. The van der Waals surface area contributed by atoms with Gasteiger partial charge < -0.3 is 10.1 Å². The molecule has 5 heteroatoms. The molecule has 0 spiro atoms. The first-order chi connectivity index (χ1) is 13.6. The van der Waals surface area contributed by atoms with Crippen LogP contribution in [-0.4, -0.2) is 11.1 Å². The standard InChI is InChI=1S/C23H17FN2O2/c1-15-4-2-5-16(10-15)8-9-17-11-19(14-25-13-17)21-22(28-23(27)26-21)18-6-3-7-20(24)12-18/h2-7,10-14,21-22H,1H3,(H,26,27)/t21-,22-/m1/s1. The quantitative estimate of drug-likeness (QED) is 0.676. The van der Waals surface area contributed by atoms with Crippen LogP contribution in [0, 0.1) is 24.6 Å². The molecule has 0 unspecified atom stereocenters. The van der Waals surface area contributed by atoms with E-state index in [1.54, 1.807) is 24.5 Å². The highest BCUT2D eigenvalue weighted by atomic mass is 19.1. The number of benzene rings is 2. The second kappa shape index (κ2) is 7.53. The summed E-state index contributed by atoms with van der Waals surface area (Å²) in [6, 6.07) is 15.4. The lowest BCUT2D eigenvalue weighted by molar-refractivity contribution is 0.132. The molecule has 0 saturated carbocycles. The molecule has 1 amide bonds. The summed E-state index contributed by atoms with van der Waals surface area (Å²) in [5.74, 6) is 5.84. The number of alkyl carbamates (subject to hydrolysis) is 1. The maximum atomic E-state index is 13.6. The van der Waals surface area contributed by atoms with E-state index >= 15 is 0 Å². The molecule has 4 rings (SSSR count). The number of halogens is 1. The van der Waals surface area contributed by atoms with Crippen molar-refractivity contribution in [2.75, 3.05) is 0 Å². The molecule has 138 valence electrons. The number of amides is 1. The van der Waals surface area contributed by atoms with Gasteiger partial charge in [-0.1, -0.05) is 36.1 Å². The average Bonchev–Trinajstić information content (AvgIpc) is 3.09. The molecule has 3 aromatic rings. The number of hydrogen-bond donors (Lipinski definition) is 1. The van der Waals surface area contributed by atoms with E-state index in [0.717, 1.165) is 22.3 Å². The van der Waals surface area contributed by atoms with Crippen LogP contribution in [0.15, 0.2) is 67.0 Å². The molecular weight excluding hydrogens is 355 g/mol. The lowest BCUT2D eigenvalue weighted by Gasteiger charge is -2.17. The molecule has 1 fully saturated rings. The Labute approximate surface area is 162 Å². The van der Waals surface area contributed by atoms with Crippen LogP contribution in [0.1, 0.15) is 40.0 Å². The van der Waals surface area contributed by atoms with Gasteiger partial charge in [0.15, 0.2) is 6.10 Å². The molecule has 0 aliphatic carbocycles. The largest absolute Gasteiger partial charge is 0.439 e. The minimum atomic E-state index is -0.634. The van der Waals surface area contributed by atoms with Crippen molar-refractivity contribution in [3.8, 4) is 11.8 Å². The third-order valence-corrected chi connectivity index (χ3v) is 4.48. The lowest BCUT2D eigenvalue weighted by atomic mass is 9.97. The van der Waals surface area contributed by atoms with Gasteiger partial charge in [0.05, 0.1) is 0 Å². The maximum absolute atomic E-state index is 13.6. The topological polar surface area (TPSA) is 51.2 Å². The van der Waals surface area contributed by atoms with Gasteiger partial charge >= 0.3 is 6.09 Å². The van der Waals surface area contributed by atoms with Crippen LogP contribution in [0.25, 0.3) is 0 Å². The molecule has 4 nitrogen and oxygen atoms in total. The second-order valence-corrected chi connectivity index (χ2v) is 6.63. The molecule has 2 aromatic carbocycles. The minimum absolute atomic E-state index is 0.380. The van der Waals surface area contributed by atoms with Gasteiger partial charge in [-0.05, 0) is 53.9 Å². The van der Waals surface area contributed by atoms with Crippen LogP contribution in [0.5, 0.6) is 0 Å². The van der Waals surface area contributed by atoms with Crippen molar-refractivity contribution >= 4 is 6.09 Å². The number of aromatic nitrogens is 1. The zero-order valence-corrected chi connectivity index (χ0v) is 15.1. The lowest BCUT2D eigenvalue weighted by Crippen LogP contribution is -2.19. The highest BCUT2D eigenvalue weighted by molar-refractivity contribution is 5.71. The SMILES string of the molecule is Cc1cccc(C#Cc2cncc([C@H]3NC(=O)O[C@@H]3c3cccc(F)c3)c2)c1. The Morgan fingerprint density at radius 3 is 2.64 bits per heavy atom. The molecule has 28 heavy (non-hydrogen) atoms. The Hall–Kier alpha value is -3.65. The van der Waals surface area contributed by atoms with Crippen molar-refractivity contribution in [3.63, 3.8) is 0 Å².